The molecule has 2 rings (SSSR count). The van der Waals surface area contributed by atoms with Gasteiger partial charge in [0.2, 0.25) is 0 Å². The van der Waals surface area contributed by atoms with Crippen molar-refractivity contribution in [1.82, 2.24) is 4.37 Å². The maximum atomic E-state index is 10.1. The van der Waals surface area contributed by atoms with E-state index in [1.165, 1.54) is 11.5 Å². The second kappa shape index (κ2) is 5.32. The van der Waals surface area contributed by atoms with E-state index in [9.17, 15) is 5.11 Å². The Morgan fingerprint density at radius 2 is 2.28 bits per heavy atom. The number of nitrogens with zero attached hydrogens (tertiary/aromatic N) is 2. The summed E-state index contributed by atoms with van der Waals surface area (Å²) in [6.45, 7) is 6.16. The van der Waals surface area contributed by atoms with Crippen molar-refractivity contribution in [2.45, 2.75) is 38.7 Å². The monoisotopic (exact) mass is 271 g/mol. The Bertz CT molecular complexity index is 406. The zero-order valence-corrected chi connectivity index (χ0v) is 11.8. The quantitative estimate of drug-likeness (QED) is 0.878. The minimum absolute atomic E-state index is 0.466. The Morgan fingerprint density at radius 1 is 1.50 bits per heavy atom. The molecule has 2 heterocycles. The van der Waals surface area contributed by atoms with Gasteiger partial charge in [-0.15, -0.1) is 0 Å². The summed E-state index contributed by atoms with van der Waals surface area (Å²) in [5, 5.41) is 11.1. The summed E-state index contributed by atoms with van der Waals surface area (Å²) in [6.07, 6.45) is 2.56. The van der Waals surface area contributed by atoms with Crippen molar-refractivity contribution in [3.63, 3.8) is 0 Å². The van der Waals surface area contributed by atoms with Crippen molar-refractivity contribution in [3.8, 4) is 5.75 Å². The van der Waals surface area contributed by atoms with E-state index in [1.54, 1.807) is 0 Å². The van der Waals surface area contributed by atoms with Gasteiger partial charge in [-0.2, -0.15) is 4.37 Å². The van der Waals surface area contributed by atoms with Crippen LogP contribution in [0.1, 0.15) is 33.1 Å². The van der Waals surface area contributed by atoms with E-state index in [1.807, 2.05) is 13.8 Å². The van der Waals surface area contributed by atoms with Crippen LogP contribution < -0.4 is 15.4 Å². The van der Waals surface area contributed by atoms with Gasteiger partial charge < -0.3 is 20.5 Å². The molecule has 1 atom stereocenters. The molecule has 0 amide bonds. The lowest BCUT2D eigenvalue weighted by atomic mass is 9.98. The molecule has 102 valence electrons. The van der Waals surface area contributed by atoms with Crippen LogP contribution in [0.2, 0.25) is 0 Å². The predicted octanol–water partition coefficient (Wildman–Crippen LogP) is 1.87. The van der Waals surface area contributed by atoms with Gasteiger partial charge in [0, 0.05) is 13.1 Å². The van der Waals surface area contributed by atoms with Gasteiger partial charge in [0.25, 0.3) is 0 Å². The fraction of sp³-hybridized carbons (Fsp3) is 0.750. The molecule has 6 heteroatoms. The molecule has 1 unspecified atom stereocenters. The van der Waals surface area contributed by atoms with Crippen LogP contribution in [0.25, 0.3) is 0 Å². The first-order valence-electron chi connectivity index (χ1n) is 6.39. The van der Waals surface area contributed by atoms with Crippen LogP contribution in [-0.4, -0.2) is 34.8 Å². The summed E-state index contributed by atoms with van der Waals surface area (Å²) < 4.78 is 9.74. The smallest absolute Gasteiger partial charge is 0.197 e. The highest BCUT2D eigenvalue weighted by Gasteiger charge is 2.27. The first-order chi connectivity index (χ1) is 8.53. The molecule has 0 aromatic carbocycles. The minimum Gasteiger partial charge on any atom is -0.487 e. The summed E-state index contributed by atoms with van der Waals surface area (Å²) in [7, 11) is 0. The zero-order valence-electron chi connectivity index (χ0n) is 11.0. The number of ether oxygens (including phenoxy) is 1. The van der Waals surface area contributed by atoms with E-state index in [4.69, 9.17) is 10.5 Å². The van der Waals surface area contributed by atoms with Gasteiger partial charge in [-0.1, -0.05) is 0 Å². The topological polar surface area (TPSA) is 71.6 Å². The van der Waals surface area contributed by atoms with E-state index >= 15 is 0 Å². The summed E-state index contributed by atoms with van der Waals surface area (Å²) >= 11 is 1.38. The number of hydrogen-bond acceptors (Lipinski definition) is 6. The van der Waals surface area contributed by atoms with Crippen LogP contribution in [0.4, 0.5) is 10.8 Å². The SMILES string of the molecule is CCOc1c(N)nsc1N1CCCC(C)(O)CC1. The number of anilines is 2. The molecule has 0 spiro atoms. The molecule has 1 saturated heterocycles. The van der Waals surface area contributed by atoms with Crippen LogP contribution >= 0.6 is 11.5 Å². The van der Waals surface area contributed by atoms with E-state index in [-0.39, 0.29) is 0 Å². The van der Waals surface area contributed by atoms with Crippen molar-refractivity contribution < 1.29 is 9.84 Å². The average Bonchev–Trinajstić information content (AvgIpc) is 2.56. The van der Waals surface area contributed by atoms with Gasteiger partial charge in [-0.25, -0.2) is 0 Å². The van der Waals surface area contributed by atoms with Crippen molar-refractivity contribution >= 4 is 22.4 Å². The highest BCUT2D eigenvalue weighted by atomic mass is 32.1. The van der Waals surface area contributed by atoms with Crippen LogP contribution in [0.3, 0.4) is 0 Å². The average molecular weight is 271 g/mol. The minimum atomic E-state index is -0.559. The largest absolute Gasteiger partial charge is 0.487 e. The Balaban J connectivity index is 2.16. The molecular weight excluding hydrogens is 250 g/mol. The van der Waals surface area contributed by atoms with Crippen molar-refractivity contribution in [2.75, 3.05) is 30.3 Å². The Morgan fingerprint density at radius 3 is 3.00 bits per heavy atom. The summed E-state index contributed by atoms with van der Waals surface area (Å²) in [4.78, 5) is 2.22. The van der Waals surface area contributed by atoms with Gasteiger partial charge in [0.1, 0.15) is 0 Å². The maximum Gasteiger partial charge on any atom is 0.197 e. The first kappa shape index (κ1) is 13.4. The highest BCUT2D eigenvalue weighted by Crippen LogP contribution is 2.39. The lowest BCUT2D eigenvalue weighted by molar-refractivity contribution is 0.0481. The van der Waals surface area contributed by atoms with E-state index in [0.717, 1.165) is 37.4 Å². The highest BCUT2D eigenvalue weighted by molar-refractivity contribution is 7.11. The lowest BCUT2D eigenvalue weighted by Gasteiger charge is -2.23. The van der Waals surface area contributed by atoms with Crippen LogP contribution in [-0.2, 0) is 0 Å². The molecule has 0 saturated carbocycles. The number of nitrogens with two attached hydrogens (primary N) is 1. The third-order valence-corrected chi connectivity index (χ3v) is 4.20. The van der Waals surface area contributed by atoms with Crippen molar-refractivity contribution in [1.29, 1.82) is 0 Å². The maximum absolute atomic E-state index is 10.1. The molecule has 0 radical (unpaired) electrons. The molecule has 3 N–H and O–H groups in total. The molecule has 18 heavy (non-hydrogen) atoms. The fourth-order valence-corrected chi connectivity index (χ4v) is 3.04. The second-order valence-electron chi connectivity index (χ2n) is 4.97. The van der Waals surface area contributed by atoms with Crippen molar-refractivity contribution in [3.05, 3.63) is 0 Å². The molecule has 5 nitrogen and oxygen atoms in total. The predicted molar refractivity (Wildman–Crippen MR) is 74.4 cm³/mol. The number of nitrogen functional groups attached to an aromatic ring is 1. The summed E-state index contributed by atoms with van der Waals surface area (Å²) in [5.74, 6) is 1.16. The molecule has 1 fully saturated rings. The molecule has 0 bridgehead atoms. The lowest BCUT2D eigenvalue weighted by Crippen LogP contribution is -2.28. The van der Waals surface area contributed by atoms with Crippen LogP contribution in [0, 0.1) is 0 Å². The molecule has 0 aliphatic carbocycles. The molecule has 1 aliphatic heterocycles. The number of aromatic nitrogens is 1. The standard InChI is InChI=1S/C12H21N3O2S/c1-3-17-9-10(13)14-18-11(9)15-7-4-5-12(2,16)6-8-15/h16H,3-8H2,1-2H3,(H2,13,14). The first-order valence-corrected chi connectivity index (χ1v) is 7.16. The van der Waals surface area contributed by atoms with E-state index in [2.05, 4.69) is 9.27 Å². The summed E-state index contributed by atoms with van der Waals surface area (Å²) in [5.41, 5.74) is 5.27. The van der Waals surface area contributed by atoms with Gasteiger partial charge in [-0.3, -0.25) is 0 Å². The van der Waals surface area contributed by atoms with Gasteiger partial charge in [0.05, 0.1) is 12.2 Å². The Kier molecular flexibility index (Phi) is 3.97. The van der Waals surface area contributed by atoms with E-state index < -0.39 is 5.60 Å². The third-order valence-electron chi connectivity index (χ3n) is 3.30. The van der Waals surface area contributed by atoms with Crippen LogP contribution in [0.15, 0.2) is 0 Å². The van der Waals surface area contributed by atoms with Crippen molar-refractivity contribution in [2.24, 2.45) is 0 Å². The number of hydrogen-bond donors (Lipinski definition) is 2. The zero-order chi connectivity index (χ0) is 13.2. The third kappa shape index (κ3) is 2.87. The van der Waals surface area contributed by atoms with Gasteiger partial charge in [0.15, 0.2) is 16.6 Å². The molecular formula is C12H21N3O2S. The molecule has 1 aromatic rings. The fourth-order valence-electron chi connectivity index (χ4n) is 2.23. The second-order valence-corrected chi connectivity index (χ2v) is 5.72. The molecule has 1 aromatic heterocycles. The normalized spacial score (nSPS) is 24.9. The van der Waals surface area contributed by atoms with E-state index in [0.29, 0.717) is 18.2 Å². The summed E-state index contributed by atoms with van der Waals surface area (Å²) in [6, 6.07) is 0. The van der Waals surface area contributed by atoms with Gasteiger partial charge in [-0.05, 0) is 44.6 Å². The Hall–Kier alpha value is -1.01. The number of rotatable bonds is 3. The van der Waals surface area contributed by atoms with Crippen LogP contribution in [0.5, 0.6) is 5.75 Å². The van der Waals surface area contributed by atoms with Gasteiger partial charge >= 0.3 is 0 Å². The number of aliphatic hydroxyl groups is 1. The Labute approximate surface area is 112 Å². The molecule has 1 aliphatic rings.